The average molecular weight is 335 g/mol. The number of thiophene rings is 1. The zero-order valence-electron chi connectivity index (χ0n) is 13.8. The van der Waals surface area contributed by atoms with Crippen molar-refractivity contribution in [2.24, 2.45) is 0 Å². The third kappa shape index (κ3) is 3.92. The zero-order chi connectivity index (χ0) is 16.8. The Kier molecular flexibility index (Phi) is 5.44. The molecule has 0 bridgehead atoms. The Balaban J connectivity index is 1.69. The molecule has 0 aliphatic heterocycles. The molecule has 2 nitrogen and oxygen atoms in total. The molecule has 3 heteroatoms. The lowest BCUT2D eigenvalue weighted by molar-refractivity contribution is 0.0951. The van der Waals surface area contributed by atoms with E-state index in [0.29, 0.717) is 12.1 Å². The van der Waals surface area contributed by atoms with Crippen molar-refractivity contribution in [2.75, 3.05) is 0 Å². The summed E-state index contributed by atoms with van der Waals surface area (Å²) in [6, 6.07) is 18.2. The van der Waals surface area contributed by atoms with Gasteiger partial charge < -0.3 is 5.32 Å². The summed E-state index contributed by atoms with van der Waals surface area (Å²) in [5.74, 6) is -0.0295. The van der Waals surface area contributed by atoms with Crippen LogP contribution in [0.1, 0.15) is 34.8 Å². The number of rotatable bonds is 6. The van der Waals surface area contributed by atoms with Gasteiger partial charge in [0.1, 0.15) is 0 Å². The minimum Gasteiger partial charge on any atom is -0.348 e. The quantitative estimate of drug-likeness (QED) is 0.651. The second-order valence-corrected chi connectivity index (χ2v) is 6.58. The molecule has 0 spiro atoms. The smallest absolute Gasteiger partial charge is 0.251 e. The van der Waals surface area contributed by atoms with Crippen molar-refractivity contribution in [3.8, 4) is 11.1 Å². The summed E-state index contributed by atoms with van der Waals surface area (Å²) in [7, 11) is 0. The van der Waals surface area contributed by atoms with Crippen molar-refractivity contribution in [3.63, 3.8) is 0 Å². The van der Waals surface area contributed by atoms with E-state index in [-0.39, 0.29) is 5.91 Å². The van der Waals surface area contributed by atoms with E-state index in [4.69, 9.17) is 0 Å². The molecule has 24 heavy (non-hydrogen) atoms. The summed E-state index contributed by atoms with van der Waals surface area (Å²) in [6.07, 6.45) is 2.17. The maximum absolute atomic E-state index is 12.4. The fourth-order valence-electron chi connectivity index (χ4n) is 2.76. The molecule has 0 aliphatic carbocycles. The van der Waals surface area contributed by atoms with Gasteiger partial charge in [-0.2, -0.15) is 11.3 Å². The third-order valence-electron chi connectivity index (χ3n) is 4.04. The van der Waals surface area contributed by atoms with E-state index in [0.717, 1.165) is 18.4 Å². The Morgan fingerprint density at radius 2 is 1.83 bits per heavy atom. The van der Waals surface area contributed by atoms with Crippen molar-refractivity contribution in [3.05, 3.63) is 82.0 Å². The number of carbonyl (C=O) groups excluding carboxylic acids is 1. The highest BCUT2D eigenvalue weighted by Crippen LogP contribution is 2.25. The summed E-state index contributed by atoms with van der Waals surface area (Å²) in [5.41, 5.74) is 5.50. The summed E-state index contributed by atoms with van der Waals surface area (Å²) in [6.45, 7) is 2.69. The molecule has 3 rings (SSSR count). The Bertz CT molecular complexity index is 791. The lowest BCUT2D eigenvalue weighted by atomic mass is 10.0. The van der Waals surface area contributed by atoms with E-state index in [2.05, 4.69) is 41.2 Å². The van der Waals surface area contributed by atoms with Crippen LogP contribution in [-0.2, 0) is 13.0 Å². The van der Waals surface area contributed by atoms with Gasteiger partial charge in [0.15, 0.2) is 0 Å². The molecule has 0 saturated carbocycles. The summed E-state index contributed by atoms with van der Waals surface area (Å²) >= 11 is 1.68. The van der Waals surface area contributed by atoms with Crippen LogP contribution in [0.3, 0.4) is 0 Å². The largest absolute Gasteiger partial charge is 0.348 e. The van der Waals surface area contributed by atoms with Crippen molar-refractivity contribution < 1.29 is 4.79 Å². The standard InChI is InChI=1S/C21H21NOS/c1-2-5-16-8-10-17(11-9-16)21(23)22-14-18-6-3-4-7-20(18)19-12-13-24-15-19/h3-4,6-13,15H,2,5,14H2,1H3,(H,22,23). The number of amides is 1. The number of hydrogen-bond acceptors (Lipinski definition) is 2. The highest BCUT2D eigenvalue weighted by Gasteiger charge is 2.08. The molecular formula is C21H21NOS. The van der Waals surface area contributed by atoms with Gasteiger partial charge in [-0.05, 0) is 57.6 Å². The van der Waals surface area contributed by atoms with Gasteiger partial charge in [-0.25, -0.2) is 0 Å². The molecular weight excluding hydrogens is 314 g/mol. The van der Waals surface area contributed by atoms with Gasteiger partial charge in [-0.1, -0.05) is 49.7 Å². The van der Waals surface area contributed by atoms with E-state index in [1.54, 1.807) is 11.3 Å². The van der Waals surface area contributed by atoms with Gasteiger partial charge in [0.05, 0.1) is 0 Å². The van der Waals surface area contributed by atoms with Crippen molar-refractivity contribution in [1.82, 2.24) is 5.32 Å². The van der Waals surface area contributed by atoms with Gasteiger partial charge >= 0.3 is 0 Å². The fraction of sp³-hybridized carbons (Fsp3) is 0.190. The van der Waals surface area contributed by atoms with Gasteiger partial charge in [0.25, 0.3) is 5.91 Å². The first-order chi connectivity index (χ1) is 11.8. The van der Waals surface area contributed by atoms with Crippen LogP contribution >= 0.6 is 11.3 Å². The van der Waals surface area contributed by atoms with Crippen molar-refractivity contribution in [1.29, 1.82) is 0 Å². The Labute approximate surface area is 147 Å². The maximum Gasteiger partial charge on any atom is 0.251 e. The Hall–Kier alpha value is -2.39. The highest BCUT2D eigenvalue weighted by atomic mass is 32.1. The maximum atomic E-state index is 12.4. The van der Waals surface area contributed by atoms with Crippen LogP contribution < -0.4 is 5.32 Å². The summed E-state index contributed by atoms with van der Waals surface area (Å²) in [5, 5.41) is 7.24. The first-order valence-electron chi connectivity index (χ1n) is 8.25. The molecule has 1 amide bonds. The first-order valence-corrected chi connectivity index (χ1v) is 9.20. The van der Waals surface area contributed by atoms with E-state index in [1.165, 1.54) is 16.7 Å². The number of aryl methyl sites for hydroxylation is 1. The van der Waals surface area contributed by atoms with E-state index in [9.17, 15) is 4.79 Å². The minimum atomic E-state index is -0.0295. The number of hydrogen-bond donors (Lipinski definition) is 1. The predicted octanol–water partition coefficient (Wildman–Crippen LogP) is 5.30. The molecule has 0 fully saturated rings. The molecule has 2 aromatic carbocycles. The Morgan fingerprint density at radius 3 is 2.54 bits per heavy atom. The summed E-state index contributed by atoms with van der Waals surface area (Å²) < 4.78 is 0. The number of carbonyl (C=O) groups is 1. The first kappa shape index (κ1) is 16.5. The van der Waals surface area contributed by atoms with Crippen molar-refractivity contribution in [2.45, 2.75) is 26.3 Å². The topological polar surface area (TPSA) is 29.1 Å². The lowest BCUT2D eigenvalue weighted by Crippen LogP contribution is -2.23. The molecule has 1 N–H and O–H groups in total. The van der Waals surface area contributed by atoms with E-state index < -0.39 is 0 Å². The molecule has 1 heterocycles. The second-order valence-electron chi connectivity index (χ2n) is 5.80. The molecule has 0 aliphatic rings. The van der Waals surface area contributed by atoms with Crippen LogP contribution in [0.25, 0.3) is 11.1 Å². The van der Waals surface area contributed by atoms with Crippen LogP contribution in [0, 0.1) is 0 Å². The molecule has 0 radical (unpaired) electrons. The predicted molar refractivity (Wildman–Crippen MR) is 101 cm³/mol. The van der Waals surface area contributed by atoms with Gasteiger partial charge in [0.2, 0.25) is 0 Å². The number of benzene rings is 2. The SMILES string of the molecule is CCCc1ccc(C(=O)NCc2ccccc2-c2ccsc2)cc1. The minimum absolute atomic E-state index is 0.0295. The third-order valence-corrected chi connectivity index (χ3v) is 4.73. The molecule has 0 unspecified atom stereocenters. The van der Waals surface area contributed by atoms with Crippen molar-refractivity contribution >= 4 is 17.2 Å². The van der Waals surface area contributed by atoms with Crippen LogP contribution in [0.15, 0.2) is 65.4 Å². The van der Waals surface area contributed by atoms with Gasteiger partial charge in [-0.15, -0.1) is 0 Å². The lowest BCUT2D eigenvalue weighted by Gasteiger charge is -2.10. The summed E-state index contributed by atoms with van der Waals surface area (Å²) in [4.78, 5) is 12.4. The molecule has 3 aromatic rings. The van der Waals surface area contributed by atoms with Crippen LogP contribution in [0.2, 0.25) is 0 Å². The Morgan fingerprint density at radius 1 is 1.04 bits per heavy atom. The molecule has 122 valence electrons. The van der Waals surface area contributed by atoms with Gasteiger partial charge in [-0.3, -0.25) is 4.79 Å². The normalized spacial score (nSPS) is 10.5. The molecule has 0 saturated heterocycles. The van der Waals surface area contributed by atoms with E-state index in [1.807, 2.05) is 36.4 Å². The van der Waals surface area contributed by atoms with Crippen LogP contribution in [-0.4, -0.2) is 5.91 Å². The van der Waals surface area contributed by atoms with E-state index >= 15 is 0 Å². The van der Waals surface area contributed by atoms with Crippen LogP contribution in [0.4, 0.5) is 0 Å². The second kappa shape index (κ2) is 7.93. The number of nitrogens with one attached hydrogen (secondary N) is 1. The average Bonchev–Trinajstić information content (AvgIpc) is 3.15. The molecule has 1 aromatic heterocycles. The molecule has 0 atom stereocenters. The van der Waals surface area contributed by atoms with Gasteiger partial charge in [0, 0.05) is 12.1 Å². The zero-order valence-corrected chi connectivity index (χ0v) is 14.6. The fourth-order valence-corrected chi connectivity index (χ4v) is 3.42. The van der Waals surface area contributed by atoms with Crippen LogP contribution in [0.5, 0.6) is 0 Å². The monoisotopic (exact) mass is 335 g/mol. The highest BCUT2D eigenvalue weighted by molar-refractivity contribution is 7.08.